The van der Waals surface area contributed by atoms with E-state index in [-0.39, 0.29) is 0 Å². The van der Waals surface area contributed by atoms with Crippen LogP contribution in [-0.2, 0) is 0 Å². The Bertz CT molecular complexity index is 323. The summed E-state index contributed by atoms with van der Waals surface area (Å²) in [6.07, 6.45) is 2.50. The molecule has 0 saturated carbocycles. The highest BCUT2D eigenvalue weighted by atomic mass is 15.0. The number of hydrogen-bond acceptors (Lipinski definition) is 2. The van der Waals surface area contributed by atoms with Crippen molar-refractivity contribution in [2.45, 2.75) is 38.8 Å². The Hall–Kier alpha value is -0.860. The molecule has 2 nitrogen and oxygen atoms in total. The molecule has 0 spiro atoms. The molecule has 0 aliphatic carbocycles. The van der Waals surface area contributed by atoms with Gasteiger partial charge in [-0.15, -0.1) is 0 Å². The van der Waals surface area contributed by atoms with Crippen molar-refractivity contribution in [1.29, 1.82) is 0 Å². The SMILES string of the molecule is CC[C@@H]1CNCC[C@H]1N[C@H](C)c1ccccc1. The van der Waals surface area contributed by atoms with Crippen LogP contribution in [0.4, 0.5) is 0 Å². The maximum absolute atomic E-state index is 3.80. The van der Waals surface area contributed by atoms with Gasteiger partial charge in [0.2, 0.25) is 0 Å². The molecule has 1 aliphatic heterocycles. The molecule has 3 atom stereocenters. The minimum atomic E-state index is 0.452. The van der Waals surface area contributed by atoms with E-state index in [4.69, 9.17) is 0 Å². The average Bonchev–Trinajstić information content (AvgIpc) is 2.40. The standard InChI is InChI=1S/C15H24N2/c1-3-13-11-16-10-9-15(13)17-12(2)14-7-5-4-6-8-14/h4-8,12-13,15-17H,3,9-11H2,1-2H3/t12-,13-,15-/m1/s1. The summed E-state index contributed by atoms with van der Waals surface area (Å²) in [4.78, 5) is 0. The van der Waals surface area contributed by atoms with Gasteiger partial charge in [-0.3, -0.25) is 0 Å². The van der Waals surface area contributed by atoms with Crippen LogP contribution in [0.15, 0.2) is 30.3 Å². The molecule has 17 heavy (non-hydrogen) atoms. The maximum Gasteiger partial charge on any atom is 0.0294 e. The summed E-state index contributed by atoms with van der Waals surface area (Å²) in [5, 5.41) is 7.28. The van der Waals surface area contributed by atoms with Gasteiger partial charge in [-0.05, 0) is 37.9 Å². The van der Waals surface area contributed by atoms with Crippen LogP contribution in [0, 0.1) is 5.92 Å². The summed E-state index contributed by atoms with van der Waals surface area (Å²) < 4.78 is 0. The second-order valence-electron chi connectivity index (χ2n) is 5.07. The van der Waals surface area contributed by atoms with E-state index in [0.717, 1.165) is 19.0 Å². The lowest BCUT2D eigenvalue weighted by molar-refractivity contribution is 0.255. The zero-order valence-electron chi connectivity index (χ0n) is 10.9. The topological polar surface area (TPSA) is 24.1 Å². The van der Waals surface area contributed by atoms with Crippen LogP contribution >= 0.6 is 0 Å². The monoisotopic (exact) mass is 232 g/mol. The molecule has 1 fully saturated rings. The molecule has 2 rings (SSSR count). The first-order valence-corrected chi connectivity index (χ1v) is 6.83. The smallest absolute Gasteiger partial charge is 0.0294 e. The van der Waals surface area contributed by atoms with Crippen molar-refractivity contribution in [3.05, 3.63) is 35.9 Å². The van der Waals surface area contributed by atoms with Crippen LogP contribution in [-0.4, -0.2) is 19.1 Å². The first-order chi connectivity index (χ1) is 8.31. The van der Waals surface area contributed by atoms with E-state index in [1.54, 1.807) is 0 Å². The molecule has 1 aromatic rings. The van der Waals surface area contributed by atoms with Crippen molar-refractivity contribution in [3.63, 3.8) is 0 Å². The van der Waals surface area contributed by atoms with Crippen LogP contribution in [0.5, 0.6) is 0 Å². The molecule has 1 aromatic carbocycles. The minimum absolute atomic E-state index is 0.452. The summed E-state index contributed by atoms with van der Waals surface area (Å²) >= 11 is 0. The predicted molar refractivity (Wildman–Crippen MR) is 73.0 cm³/mol. The Kier molecular flexibility index (Phi) is 4.57. The van der Waals surface area contributed by atoms with Crippen molar-refractivity contribution in [2.24, 2.45) is 5.92 Å². The lowest BCUT2D eigenvalue weighted by Crippen LogP contribution is -2.47. The fourth-order valence-electron chi connectivity index (χ4n) is 2.73. The van der Waals surface area contributed by atoms with Crippen LogP contribution in [0.1, 0.15) is 38.3 Å². The normalized spacial score (nSPS) is 26.7. The number of nitrogens with one attached hydrogen (secondary N) is 2. The van der Waals surface area contributed by atoms with Gasteiger partial charge in [0.25, 0.3) is 0 Å². The Labute approximate surface area is 105 Å². The highest BCUT2D eigenvalue weighted by molar-refractivity contribution is 5.18. The molecule has 0 unspecified atom stereocenters. The van der Waals surface area contributed by atoms with Crippen LogP contribution in [0.3, 0.4) is 0 Å². The fourth-order valence-corrected chi connectivity index (χ4v) is 2.73. The summed E-state index contributed by atoms with van der Waals surface area (Å²) in [6.45, 7) is 6.87. The van der Waals surface area contributed by atoms with Gasteiger partial charge >= 0.3 is 0 Å². The molecule has 1 heterocycles. The summed E-state index contributed by atoms with van der Waals surface area (Å²) in [5.41, 5.74) is 1.39. The molecule has 0 radical (unpaired) electrons. The molecule has 0 amide bonds. The second kappa shape index (κ2) is 6.18. The van der Waals surface area contributed by atoms with E-state index in [9.17, 15) is 0 Å². The summed E-state index contributed by atoms with van der Waals surface area (Å²) in [5.74, 6) is 0.773. The van der Waals surface area contributed by atoms with E-state index < -0.39 is 0 Å². The first kappa shape index (κ1) is 12.6. The summed E-state index contributed by atoms with van der Waals surface area (Å²) in [7, 11) is 0. The Morgan fingerprint density at radius 2 is 2.12 bits per heavy atom. The van der Waals surface area contributed by atoms with Gasteiger partial charge in [-0.25, -0.2) is 0 Å². The number of hydrogen-bond donors (Lipinski definition) is 2. The second-order valence-corrected chi connectivity index (χ2v) is 5.07. The highest BCUT2D eigenvalue weighted by Crippen LogP contribution is 2.20. The third-order valence-electron chi connectivity index (χ3n) is 3.90. The van der Waals surface area contributed by atoms with Gasteiger partial charge in [-0.2, -0.15) is 0 Å². The van der Waals surface area contributed by atoms with Crippen LogP contribution < -0.4 is 10.6 Å². The zero-order valence-corrected chi connectivity index (χ0v) is 10.9. The fraction of sp³-hybridized carbons (Fsp3) is 0.600. The van der Waals surface area contributed by atoms with Gasteiger partial charge in [0.15, 0.2) is 0 Å². The van der Waals surface area contributed by atoms with Crippen LogP contribution in [0.25, 0.3) is 0 Å². The maximum atomic E-state index is 3.80. The third-order valence-corrected chi connectivity index (χ3v) is 3.90. The van der Waals surface area contributed by atoms with E-state index in [1.807, 2.05) is 0 Å². The van der Waals surface area contributed by atoms with Gasteiger partial charge in [0.05, 0.1) is 0 Å². The lowest BCUT2D eigenvalue weighted by Gasteiger charge is -2.34. The van der Waals surface area contributed by atoms with Crippen molar-refractivity contribution in [2.75, 3.05) is 13.1 Å². The van der Waals surface area contributed by atoms with Gasteiger partial charge in [0.1, 0.15) is 0 Å². The van der Waals surface area contributed by atoms with E-state index in [2.05, 4.69) is 54.8 Å². The van der Waals surface area contributed by atoms with Crippen molar-refractivity contribution < 1.29 is 0 Å². The highest BCUT2D eigenvalue weighted by Gasteiger charge is 2.24. The Morgan fingerprint density at radius 1 is 1.35 bits per heavy atom. The van der Waals surface area contributed by atoms with Gasteiger partial charge in [0, 0.05) is 12.1 Å². The largest absolute Gasteiger partial charge is 0.316 e. The van der Waals surface area contributed by atoms with E-state index in [1.165, 1.54) is 18.4 Å². The minimum Gasteiger partial charge on any atom is -0.316 e. The molecule has 0 aromatic heterocycles. The average molecular weight is 232 g/mol. The Morgan fingerprint density at radius 3 is 2.82 bits per heavy atom. The molecular weight excluding hydrogens is 208 g/mol. The number of piperidine rings is 1. The number of rotatable bonds is 4. The molecule has 1 aliphatic rings. The molecule has 2 N–H and O–H groups in total. The van der Waals surface area contributed by atoms with Crippen molar-refractivity contribution >= 4 is 0 Å². The lowest BCUT2D eigenvalue weighted by atomic mass is 9.90. The van der Waals surface area contributed by atoms with Gasteiger partial charge in [-0.1, -0.05) is 43.7 Å². The van der Waals surface area contributed by atoms with E-state index >= 15 is 0 Å². The third kappa shape index (κ3) is 3.30. The predicted octanol–water partition coefficient (Wildman–Crippen LogP) is 2.73. The van der Waals surface area contributed by atoms with Crippen LogP contribution in [0.2, 0.25) is 0 Å². The van der Waals surface area contributed by atoms with Crippen molar-refractivity contribution in [3.8, 4) is 0 Å². The molecule has 2 heteroatoms. The zero-order chi connectivity index (χ0) is 12.1. The quantitative estimate of drug-likeness (QED) is 0.834. The van der Waals surface area contributed by atoms with Crippen molar-refractivity contribution in [1.82, 2.24) is 10.6 Å². The number of benzene rings is 1. The molecule has 0 bridgehead atoms. The molecule has 1 saturated heterocycles. The molecule has 94 valence electrons. The summed E-state index contributed by atoms with van der Waals surface area (Å²) in [6, 6.07) is 11.8. The van der Waals surface area contributed by atoms with E-state index in [0.29, 0.717) is 12.1 Å². The first-order valence-electron chi connectivity index (χ1n) is 6.83. The van der Waals surface area contributed by atoms with Gasteiger partial charge < -0.3 is 10.6 Å². The molecular formula is C15H24N2. The Balaban J connectivity index is 1.95.